The molecule has 0 saturated heterocycles. The van der Waals surface area contributed by atoms with Crippen molar-refractivity contribution in [3.63, 3.8) is 0 Å². The number of aromatic nitrogens is 1. The Morgan fingerprint density at radius 1 is 1.53 bits per heavy atom. The molecule has 1 aromatic heterocycles. The smallest absolute Gasteiger partial charge is 0.308 e. The summed E-state index contributed by atoms with van der Waals surface area (Å²) in [6.45, 7) is 0.229. The maximum Gasteiger partial charge on any atom is 0.308 e. The van der Waals surface area contributed by atoms with Crippen LogP contribution in [-0.2, 0) is 11.3 Å². The number of fused-ring (bicyclic) bond motifs is 1. The van der Waals surface area contributed by atoms with E-state index in [9.17, 15) is 9.59 Å². The van der Waals surface area contributed by atoms with E-state index in [1.807, 2.05) is 24.5 Å². The number of thioether (sulfide) groups is 1. The summed E-state index contributed by atoms with van der Waals surface area (Å²) >= 11 is 2.78. The molecule has 0 amide bonds. The lowest BCUT2D eigenvalue weighted by molar-refractivity contribution is -0.137. The summed E-state index contributed by atoms with van der Waals surface area (Å²) < 4.78 is 2.44. The lowest BCUT2D eigenvalue weighted by Crippen LogP contribution is -2.15. The average Bonchev–Trinajstić information content (AvgIpc) is 2.60. The molecule has 0 bridgehead atoms. The first-order chi connectivity index (χ1) is 8.11. The predicted octanol–water partition coefficient (Wildman–Crippen LogP) is 2.26. The Balaban J connectivity index is 2.45. The fourth-order valence-electron chi connectivity index (χ4n) is 1.59. The number of hydrogen-bond donors (Lipinski definition) is 1. The van der Waals surface area contributed by atoms with Crippen LogP contribution in [-0.4, -0.2) is 21.9 Å². The van der Waals surface area contributed by atoms with Gasteiger partial charge in [0.2, 0.25) is 0 Å². The number of carboxylic acids is 1. The Hall–Kier alpha value is -1.27. The maximum atomic E-state index is 11.7. The number of aliphatic carboxylic acids is 1. The molecule has 1 heterocycles. The molecule has 0 saturated carbocycles. The van der Waals surface area contributed by atoms with Crippen molar-refractivity contribution in [2.24, 2.45) is 0 Å². The molecule has 2 aromatic rings. The Morgan fingerprint density at radius 2 is 2.29 bits per heavy atom. The number of rotatable bonds is 4. The van der Waals surface area contributed by atoms with Gasteiger partial charge in [0, 0.05) is 11.4 Å². The fraction of sp³-hybridized carbons (Fsp3) is 0.273. The van der Waals surface area contributed by atoms with Crippen LogP contribution in [0, 0.1) is 0 Å². The Morgan fingerprint density at radius 3 is 2.94 bits per heavy atom. The molecule has 0 spiro atoms. The van der Waals surface area contributed by atoms with E-state index in [-0.39, 0.29) is 17.8 Å². The lowest BCUT2D eigenvalue weighted by atomic mass is 10.3. The summed E-state index contributed by atoms with van der Waals surface area (Å²) in [5.41, 5.74) is 0.819. The minimum absolute atomic E-state index is 0.0317. The molecule has 0 aliphatic carbocycles. The summed E-state index contributed by atoms with van der Waals surface area (Å²) in [5, 5.41) is 8.64. The van der Waals surface area contributed by atoms with Gasteiger partial charge in [-0.15, -0.1) is 11.8 Å². The van der Waals surface area contributed by atoms with Gasteiger partial charge in [-0.3, -0.25) is 14.2 Å². The summed E-state index contributed by atoms with van der Waals surface area (Å²) in [6, 6.07) is 5.78. The molecule has 0 unspecified atom stereocenters. The van der Waals surface area contributed by atoms with Crippen LogP contribution in [0.4, 0.5) is 0 Å². The molecule has 0 fully saturated rings. The molecule has 2 rings (SSSR count). The SMILES string of the molecule is CSc1ccc2c(c1)sc(=O)n2CCC(=O)O. The molecular formula is C11H11NO3S2. The zero-order valence-corrected chi connectivity index (χ0v) is 10.8. The number of carboxylic acid groups (broad SMARTS) is 1. The lowest BCUT2D eigenvalue weighted by Gasteiger charge is -2.01. The van der Waals surface area contributed by atoms with E-state index in [4.69, 9.17) is 5.11 Å². The minimum Gasteiger partial charge on any atom is -0.481 e. The first-order valence-electron chi connectivity index (χ1n) is 5.01. The molecule has 4 nitrogen and oxygen atoms in total. The standard InChI is InChI=1S/C11H11NO3S2/c1-16-7-2-3-8-9(6-7)17-11(15)12(8)5-4-10(13)14/h2-3,6H,4-5H2,1H3,(H,13,14). The zero-order chi connectivity index (χ0) is 12.4. The number of aryl methyl sites for hydroxylation is 1. The average molecular weight is 269 g/mol. The van der Waals surface area contributed by atoms with Gasteiger partial charge in [0.25, 0.3) is 0 Å². The molecule has 0 aliphatic rings. The number of thiazole rings is 1. The second-order valence-corrected chi connectivity index (χ2v) is 5.37. The monoisotopic (exact) mass is 269 g/mol. The second-order valence-electron chi connectivity index (χ2n) is 3.50. The summed E-state index contributed by atoms with van der Waals surface area (Å²) in [7, 11) is 0. The second kappa shape index (κ2) is 4.93. The Bertz CT molecular complexity index is 615. The third-order valence-electron chi connectivity index (χ3n) is 2.42. The van der Waals surface area contributed by atoms with Crippen molar-refractivity contribution in [1.29, 1.82) is 0 Å². The van der Waals surface area contributed by atoms with Crippen molar-refractivity contribution in [2.45, 2.75) is 17.9 Å². The highest BCUT2D eigenvalue weighted by atomic mass is 32.2. The number of benzene rings is 1. The van der Waals surface area contributed by atoms with Crippen molar-refractivity contribution < 1.29 is 9.90 Å². The van der Waals surface area contributed by atoms with Crippen LogP contribution in [0.25, 0.3) is 10.2 Å². The van der Waals surface area contributed by atoms with E-state index in [0.717, 1.165) is 26.4 Å². The number of nitrogens with zero attached hydrogens (tertiary/aromatic N) is 1. The Kier molecular flexibility index (Phi) is 3.54. The van der Waals surface area contributed by atoms with Crippen molar-refractivity contribution >= 4 is 39.3 Å². The van der Waals surface area contributed by atoms with Gasteiger partial charge in [0.1, 0.15) is 0 Å². The van der Waals surface area contributed by atoms with Crippen LogP contribution >= 0.6 is 23.1 Å². The van der Waals surface area contributed by atoms with Gasteiger partial charge in [0.05, 0.1) is 16.6 Å². The molecule has 1 N–H and O–H groups in total. The van der Waals surface area contributed by atoms with E-state index in [1.165, 1.54) is 4.57 Å². The topological polar surface area (TPSA) is 59.3 Å². The molecule has 0 atom stereocenters. The van der Waals surface area contributed by atoms with Gasteiger partial charge in [0.15, 0.2) is 0 Å². The van der Waals surface area contributed by atoms with Crippen molar-refractivity contribution in [2.75, 3.05) is 6.26 Å². The molecule has 17 heavy (non-hydrogen) atoms. The van der Waals surface area contributed by atoms with E-state index < -0.39 is 5.97 Å². The van der Waals surface area contributed by atoms with Gasteiger partial charge in [-0.1, -0.05) is 11.3 Å². The van der Waals surface area contributed by atoms with Crippen LogP contribution in [0.2, 0.25) is 0 Å². The van der Waals surface area contributed by atoms with Crippen LogP contribution in [0.3, 0.4) is 0 Å². The van der Waals surface area contributed by atoms with Crippen LogP contribution in [0.15, 0.2) is 27.9 Å². The van der Waals surface area contributed by atoms with E-state index in [1.54, 1.807) is 11.8 Å². The molecule has 6 heteroatoms. The first kappa shape index (κ1) is 12.2. The predicted molar refractivity (Wildman–Crippen MR) is 70.1 cm³/mol. The number of hydrogen-bond acceptors (Lipinski definition) is 4. The highest BCUT2D eigenvalue weighted by Gasteiger charge is 2.09. The third kappa shape index (κ3) is 2.53. The van der Waals surface area contributed by atoms with Gasteiger partial charge >= 0.3 is 10.8 Å². The van der Waals surface area contributed by atoms with Crippen LogP contribution in [0.5, 0.6) is 0 Å². The summed E-state index contributed by atoms with van der Waals surface area (Å²) in [5.74, 6) is -0.892. The number of carbonyl (C=O) groups is 1. The largest absolute Gasteiger partial charge is 0.481 e. The first-order valence-corrected chi connectivity index (χ1v) is 7.05. The summed E-state index contributed by atoms with van der Waals surface area (Å²) in [6.07, 6.45) is 1.95. The van der Waals surface area contributed by atoms with Gasteiger partial charge in [-0.2, -0.15) is 0 Å². The van der Waals surface area contributed by atoms with Gasteiger partial charge < -0.3 is 5.11 Å². The quantitative estimate of drug-likeness (QED) is 0.865. The van der Waals surface area contributed by atoms with Crippen molar-refractivity contribution in [1.82, 2.24) is 4.57 Å². The molecule has 1 aromatic carbocycles. The van der Waals surface area contributed by atoms with E-state index >= 15 is 0 Å². The highest BCUT2D eigenvalue weighted by Crippen LogP contribution is 2.24. The van der Waals surface area contributed by atoms with Crippen molar-refractivity contribution in [3.05, 3.63) is 27.9 Å². The summed E-state index contributed by atoms with van der Waals surface area (Å²) in [4.78, 5) is 23.3. The third-order valence-corrected chi connectivity index (χ3v) is 4.09. The van der Waals surface area contributed by atoms with E-state index in [0.29, 0.717) is 0 Å². The fourth-order valence-corrected chi connectivity index (χ4v) is 3.06. The van der Waals surface area contributed by atoms with E-state index in [2.05, 4.69) is 0 Å². The highest BCUT2D eigenvalue weighted by molar-refractivity contribution is 7.98. The van der Waals surface area contributed by atoms with Gasteiger partial charge in [-0.25, -0.2) is 0 Å². The van der Waals surface area contributed by atoms with Crippen molar-refractivity contribution in [3.8, 4) is 0 Å². The zero-order valence-electron chi connectivity index (χ0n) is 9.17. The molecular weight excluding hydrogens is 258 g/mol. The normalized spacial score (nSPS) is 10.9. The van der Waals surface area contributed by atoms with Gasteiger partial charge in [-0.05, 0) is 24.5 Å². The minimum atomic E-state index is -0.892. The maximum absolute atomic E-state index is 11.7. The van der Waals surface area contributed by atoms with Crippen LogP contribution < -0.4 is 4.87 Å². The molecule has 0 aliphatic heterocycles. The molecule has 90 valence electrons. The van der Waals surface area contributed by atoms with Crippen LogP contribution in [0.1, 0.15) is 6.42 Å². The molecule has 0 radical (unpaired) electrons. The Labute approximate surface area is 106 Å².